The van der Waals surface area contributed by atoms with E-state index in [1.807, 2.05) is 13.8 Å². The number of piperazine rings is 1. The topological polar surface area (TPSA) is 119 Å². The third-order valence-corrected chi connectivity index (χ3v) is 10.2. The fourth-order valence-electron chi connectivity index (χ4n) is 7.52. The molecule has 0 saturated carbocycles. The second-order valence-electron chi connectivity index (χ2n) is 14.0. The maximum Gasteiger partial charge on any atom is 0.407 e. The number of benzene rings is 1. The lowest BCUT2D eigenvalue weighted by atomic mass is 10.0. The average molecular weight is 685 g/mol. The number of rotatable bonds is 7. The van der Waals surface area contributed by atoms with Gasteiger partial charge in [0.15, 0.2) is 0 Å². The smallest absolute Gasteiger partial charge is 0.407 e. The Hall–Kier alpha value is -3.88. The Morgan fingerprint density at radius 2 is 1.67 bits per heavy atom. The molecule has 14 heteroatoms. The summed E-state index contributed by atoms with van der Waals surface area (Å²) in [5.74, 6) is -0.859. The Kier molecular flexibility index (Phi) is 10.4. The van der Waals surface area contributed by atoms with Crippen LogP contribution in [0, 0.1) is 5.82 Å². The van der Waals surface area contributed by atoms with E-state index in [-0.39, 0.29) is 99.1 Å². The minimum absolute atomic E-state index is 0.0210. The van der Waals surface area contributed by atoms with Gasteiger partial charge in [-0.25, -0.2) is 18.6 Å². The van der Waals surface area contributed by atoms with Crippen LogP contribution in [0.15, 0.2) is 30.3 Å². The maximum atomic E-state index is 14.4. The molecule has 3 amide bonds. The van der Waals surface area contributed by atoms with E-state index < -0.39 is 18.2 Å². The number of likely N-dealkylation sites (tertiary alicyclic amines) is 1. The number of alkyl halides is 1. The van der Waals surface area contributed by atoms with Gasteiger partial charge in [0.25, 0.3) is 5.91 Å². The molecule has 5 heterocycles. The first-order valence-corrected chi connectivity index (χ1v) is 17.1. The number of ether oxygens (including phenoxy) is 2. The number of hydrogen-bond donors (Lipinski definition) is 1. The normalized spacial score (nSPS) is 27.9. The van der Waals surface area contributed by atoms with Crippen molar-refractivity contribution in [3.05, 3.63) is 53.0 Å². The number of carboxylic acid groups (broad SMARTS) is 1. The van der Waals surface area contributed by atoms with Crippen LogP contribution in [0.2, 0.25) is 0 Å². The van der Waals surface area contributed by atoms with Crippen molar-refractivity contribution in [2.45, 2.75) is 76.9 Å². The van der Waals surface area contributed by atoms with Crippen molar-refractivity contribution in [3.63, 3.8) is 0 Å². The fourth-order valence-corrected chi connectivity index (χ4v) is 7.52. The summed E-state index contributed by atoms with van der Waals surface area (Å²) in [6.45, 7) is 10.8. The Morgan fingerprint density at radius 1 is 0.959 bits per heavy atom. The number of hydrogen-bond acceptors (Lipinski definition) is 8. The third-order valence-electron chi connectivity index (χ3n) is 10.2. The number of fused-ring (bicyclic) bond motifs is 1. The molecule has 1 aromatic heterocycles. The van der Waals surface area contributed by atoms with Gasteiger partial charge >= 0.3 is 6.09 Å². The summed E-state index contributed by atoms with van der Waals surface area (Å²) in [7, 11) is 0. The molecule has 2 aromatic rings. The monoisotopic (exact) mass is 684 g/mol. The Balaban J connectivity index is 1.31. The highest BCUT2D eigenvalue weighted by atomic mass is 19.1. The lowest BCUT2D eigenvalue weighted by Gasteiger charge is -2.48. The van der Waals surface area contributed by atoms with Gasteiger partial charge in [-0.05, 0) is 69.9 Å². The number of anilines is 1. The second-order valence-corrected chi connectivity index (χ2v) is 14.0. The number of carbonyl (C=O) groups excluding carboxylic acids is 2. The van der Waals surface area contributed by atoms with Crippen LogP contribution < -0.4 is 9.64 Å². The number of amides is 3. The number of nitrogens with zero attached hydrogens (tertiary/aromatic N) is 6. The molecular formula is C35H46F2N6O6. The minimum Gasteiger partial charge on any atom is -0.474 e. The molecule has 1 N–H and O–H groups in total. The first-order valence-electron chi connectivity index (χ1n) is 17.1. The van der Waals surface area contributed by atoms with Crippen molar-refractivity contribution in [1.82, 2.24) is 24.6 Å². The van der Waals surface area contributed by atoms with Gasteiger partial charge in [-0.1, -0.05) is 12.1 Å². The highest BCUT2D eigenvalue weighted by Gasteiger charge is 2.41. The van der Waals surface area contributed by atoms with Gasteiger partial charge in [0.1, 0.15) is 30.0 Å². The van der Waals surface area contributed by atoms with Crippen molar-refractivity contribution < 1.29 is 37.7 Å². The lowest BCUT2D eigenvalue weighted by molar-refractivity contribution is -0.122. The molecule has 0 radical (unpaired) electrons. The zero-order valence-corrected chi connectivity index (χ0v) is 28.6. The molecular weight excluding hydrogens is 638 g/mol. The van der Waals surface area contributed by atoms with Crippen molar-refractivity contribution in [2.75, 3.05) is 64.0 Å². The molecule has 4 aliphatic heterocycles. The van der Waals surface area contributed by atoms with Gasteiger partial charge in [-0.15, -0.1) is 0 Å². The quantitative estimate of drug-likeness (QED) is 0.469. The molecule has 1 aromatic carbocycles. The average Bonchev–Trinajstić information content (AvgIpc) is 3.50. The first-order chi connectivity index (χ1) is 23.4. The van der Waals surface area contributed by atoms with E-state index >= 15 is 0 Å². The number of carbonyl (C=O) groups is 3. The highest BCUT2D eigenvalue weighted by molar-refractivity contribution is 5.99. The molecule has 12 nitrogen and oxygen atoms in total. The molecule has 0 spiro atoms. The fraction of sp³-hybridized carbons (Fsp3) is 0.600. The maximum absolute atomic E-state index is 14.4. The summed E-state index contributed by atoms with van der Waals surface area (Å²) in [6.07, 6.45) is -1.60. The van der Waals surface area contributed by atoms with E-state index in [1.54, 1.807) is 23.1 Å². The molecule has 3 fully saturated rings. The lowest BCUT2D eigenvalue weighted by Crippen LogP contribution is -2.65. The number of aromatic nitrogens is 1. The Bertz CT molecular complexity index is 1540. The first kappa shape index (κ1) is 35.0. The molecule has 6 rings (SSSR count). The van der Waals surface area contributed by atoms with Crippen LogP contribution >= 0.6 is 0 Å². The third kappa shape index (κ3) is 7.51. The van der Waals surface area contributed by atoms with Crippen molar-refractivity contribution in [1.29, 1.82) is 0 Å². The van der Waals surface area contributed by atoms with Crippen LogP contribution in [-0.2, 0) is 16.0 Å². The number of pyridine rings is 1. The minimum atomic E-state index is -1.11. The van der Waals surface area contributed by atoms with Crippen LogP contribution in [0.25, 0.3) is 0 Å². The molecule has 0 aliphatic carbocycles. The summed E-state index contributed by atoms with van der Waals surface area (Å²) in [6, 6.07) is 7.07. The molecule has 6 atom stereocenters. The van der Waals surface area contributed by atoms with Gasteiger partial charge in [0.2, 0.25) is 11.8 Å². The van der Waals surface area contributed by atoms with Crippen LogP contribution in [-0.4, -0.2) is 143 Å². The van der Waals surface area contributed by atoms with Gasteiger partial charge in [-0.3, -0.25) is 19.4 Å². The summed E-state index contributed by atoms with van der Waals surface area (Å²) in [4.78, 5) is 53.8. The standard InChI is InChI=1S/C35H46F2N6O6/c1-21-13-40(29(16-42(21)35(46)47)15-41-22(2)18-48-19-23(41)3)17-31(44)43-24(4)20-49-33-30(43)12-26(11-25-5-7-27(36)8-6-25)32(38-33)34(45)39-10-9-28(37)14-39/h5-8,12,21-24,28-29H,9-11,13-20H2,1-4H3,(H,46,47)/t21-,22-,23-,24+,28+,29+/m1/s1. The predicted octanol–water partition coefficient (Wildman–Crippen LogP) is 3.27. The van der Waals surface area contributed by atoms with Gasteiger partial charge in [-0.2, -0.15) is 0 Å². The number of halogens is 2. The van der Waals surface area contributed by atoms with Crippen molar-refractivity contribution in [3.8, 4) is 5.88 Å². The van der Waals surface area contributed by atoms with Crippen LogP contribution in [0.1, 0.15) is 55.7 Å². The molecule has 4 aliphatic rings. The van der Waals surface area contributed by atoms with E-state index in [9.17, 15) is 28.3 Å². The van der Waals surface area contributed by atoms with E-state index in [0.29, 0.717) is 37.6 Å². The van der Waals surface area contributed by atoms with Gasteiger partial charge < -0.3 is 29.3 Å². The summed E-state index contributed by atoms with van der Waals surface area (Å²) in [5, 5.41) is 9.95. The second kappa shape index (κ2) is 14.5. The number of morpholine rings is 1. The molecule has 266 valence electrons. The molecule has 0 bridgehead atoms. The highest BCUT2D eigenvalue weighted by Crippen LogP contribution is 2.36. The van der Waals surface area contributed by atoms with E-state index in [0.717, 1.165) is 5.56 Å². The van der Waals surface area contributed by atoms with E-state index in [2.05, 4.69) is 28.6 Å². The zero-order chi connectivity index (χ0) is 35.0. The Morgan fingerprint density at radius 3 is 2.33 bits per heavy atom. The zero-order valence-electron chi connectivity index (χ0n) is 28.6. The Labute approximate surface area is 285 Å². The molecule has 3 saturated heterocycles. The predicted molar refractivity (Wildman–Crippen MR) is 177 cm³/mol. The molecule has 49 heavy (non-hydrogen) atoms. The van der Waals surface area contributed by atoms with Crippen molar-refractivity contribution in [2.24, 2.45) is 0 Å². The summed E-state index contributed by atoms with van der Waals surface area (Å²) >= 11 is 0. The summed E-state index contributed by atoms with van der Waals surface area (Å²) < 4.78 is 39.6. The van der Waals surface area contributed by atoms with Gasteiger partial charge in [0.05, 0.1) is 32.3 Å². The van der Waals surface area contributed by atoms with E-state index in [4.69, 9.17) is 9.47 Å². The molecule has 0 unspecified atom stereocenters. The SMILES string of the molecule is C[C@@H]1CN(CC(=O)N2c3cc(Cc4ccc(F)cc4)c(C(=O)N4CC[C@H](F)C4)nc3OC[C@@H]2C)[C@@H](CN2[C@H](C)COC[C@H]2C)CN1C(=O)O. The van der Waals surface area contributed by atoms with Gasteiger partial charge in [0, 0.05) is 50.3 Å². The largest absolute Gasteiger partial charge is 0.474 e. The van der Waals surface area contributed by atoms with Crippen molar-refractivity contribution >= 4 is 23.6 Å². The van der Waals surface area contributed by atoms with Crippen LogP contribution in [0.4, 0.5) is 19.3 Å². The summed E-state index contributed by atoms with van der Waals surface area (Å²) in [5.41, 5.74) is 1.80. The van der Waals surface area contributed by atoms with Crippen LogP contribution in [0.5, 0.6) is 5.88 Å². The van der Waals surface area contributed by atoms with E-state index in [1.165, 1.54) is 21.9 Å². The van der Waals surface area contributed by atoms with Crippen LogP contribution in [0.3, 0.4) is 0 Å².